The fourth-order valence-electron chi connectivity index (χ4n) is 3.42. The molecule has 1 atom stereocenters. The Bertz CT molecular complexity index is 996. The maximum absolute atomic E-state index is 13.0. The van der Waals surface area contributed by atoms with Gasteiger partial charge in [-0.3, -0.25) is 19.3 Å². The average molecular weight is 378 g/mol. The highest BCUT2D eigenvalue weighted by atomic mass is 16.5. The van der Waals surface area contributed by atoms with Gasteiger partial charge >= 0.3 is 0 Å². The van der Waals surface area contributed by atoms with Crippen molar-refractivity contribution in [2.45, 2.75) is 18.9 Å². The minimum absolute atomic E-state index is 0.167. The number of allylic oxidation sites excluding steroid dienone is 1. The second-order valence-electron chi connectivity index (χ2n) is 6.58. The van der Waals surface area contributed by atoms with Gasteiger partial charge in [-0.05, 0) is 49.2 Å². The van der Waals surface area contributed by atoms with E-state index >= 15 is 0 Å². The quantitative estimate of drug-likeness (QED) is 0.827. The molecule has 3 amide bonds. The van der Waals surface area contributed by atoms with Gasteiger partial charge in [0.15, 0.2) is 0 Å². The van der Waals surface area contributed by atoms with Crippen LogP contribution >= 0.6 is 0 Å². The summed E-state index contributed by atoms with van der Waals surface area (Å²) in [5.74, 6) is 0.0183. The molecule has 0 aromatic heterocycles. The molecule has 2 aromatic rings. The zero-order valence-corrected chi connectivity index (χ0v) is 15.2. The Labute approximate surface area is 161 Å². The molecular formula is C21H18N2O5. The first-order valence-electron chi connectivity index (χ1n) is 8.81. The van der Waals surface area contributed by atoms with Crippen LogP contribution in [0.15, 0.2) is 54.7 Å². The van der Waals surface area contributed by atoms with Crippen LogP contribution in [0.2, 0.25) is 0 Å². The molecule has 2 aliphatic heterocycles. The van der Waals surface area contributed by atoms with Crippen molar-refractivity contribution in [2.75, 3.05) is 7.11 Å². The predicted octanol–water partition coefficient (Wildman–Crippen LogP) is 2.88. The fraction of sp³-hybridized carbons (Fsp3) is 0.190. The van der Waals surface area contributed by atoms with E-state index < -0.39 is 23.8 Å². The minimum atomic E-state index is -0.855. The van der Waals surface area contributed by atoms with Gasteiger partial charge in [-0.1, -0.05) is 12.6 Å². The Morgan fingerprint density at radius 3 is 2.43 bits per heavy atom. The molecule has 1 N–H and O–H groups in total. The number of piperidine rings is 1. The highest BCUT2D eigenvalue weighted by Crippen LogP contribution is 2.36. The first kappa shape index (κ1) is 17.8. The molecule has 7 heteroatoms. The molecular weight excluding hydrogens is 360 g/mol. The van der Waals surface area contributed by atoms with E-state index in [0.29, 0.717) is 30.0 Å². The van der Waals surface area contributed by atoms with Gasteiger partial charge in [0.1, 0.15) is 23.3 Å². The number of carbonyl (C=O) groups excluding carboxylic acids is 3. The normalized spacial score (nSPS) is 18.8. The van der Waals surface area contributed by atoms with Crippen LogP contribution in [0.1, 0.15) is 33.6 Å². The molecule has 0 spiro atoms. The third kappa shape index (κ3) is 2.90. The summed E-state index contributed by atoms with van der Waals surface area (Å²) < 4.78 is 11.0. The molecule has 2 heterocycles. The van der Waals surface area contributed by atoms with Crippen molar-refractivity contribution in [1.29, 1.82) is 0 Å². The Kier molecular flexibility index (Phi) is 4.35. The smallest absolute Gasteiger partial charge is 0.266 e. The summed E-state index contributed by atoms with van der Waals surface area (Å²) in [6, 6.07) is 10.9. The van der Waals surface area contributed by atoms with E-state index in [-0.39, 0.29) is 16.9 Å². The second kappa shape index (κ2) is 6.84. The van der Waals surface area contributed by atoms with Gasteiger partial charge < -0.3 is 14.8 Å². The molecule has 4 rings (SSSR count). The van der Waals surface area contributed by atoms with E-state index in [4.69, 9.17) is 9.47 Å². The number of carbonyl (C=O) groups is 3. The molecule has 1 fully saturated rings. The van der Waals surface area contributed by atoms with Crippen LogP contribution in [0.3, 0.4) is 0 Å². The van der Waals surface area contributed by atoms with Gasteiger partial charge in [0.05, 0.1) is 18.2 Å². The van der Waals surface area contributed by atoms with Gasteiger partial charge in [-0.15, -0.1) is 0 Å². The zero-order valence-electron chi connectivity index (χ0n) is 15.2. The Morgan fingerprint density at radius 2 is 1.75 bits per heavy atom. The van der Waals surface area contributed by atoms with Crippen LogP contribution in [0.4, 0.5) is 0 Å². The van der Waals surface area contributed by atoms with Crippen LogP contribution in [0.25, 0.3) is 0 Å². The lowest BCUT2D eigenvalue weighted by Gasteiger charge is -2.29. The number of hydrogen-bond acceptors (Lipinski definition) is 5. The SMILES string of the molecule is C=C1CCC(N2C(=O)c3cccc(Oc4ccc(OC)cc4)c3C2=O)C(=O)N1. The lowest BCUT2D eigenvalue weighted by molar-refractivity contribution is -0.125. The van der Waals surface area contributed by atoms with Crippen LogP contribution in [0.5, 0.6) is 17.2 Å². The summed E-state index contributed by atoms with van der Waals surface area (Å²) in [6.07, 6.45) is 0.865. The van der Waals surface area contributed by atoms with Gasteiger partial charge in [0.2, 0.25) is 5.91 Å². The first-order chi connectivity index (χ1) is 13.5. The third-order valence-corrected chi connectivity index (χ3v) is 4.83. The number of amides is 3. The van der Waals surface area contributed by atoms with Crippen molar-refractivity contribution in [2.24, 2.45) is 0 Å². The molecule has 1 unspecified atom stereocenters. The Hall–Kier alpha value is -3.61. The summed E-state index contributed by atoms with van der Waals surface area (Å²) >= 11 is 0. The largest absolute Gasteiger partial charge is 0.497 e. The zero-order chi connectivity index (χ0) is 19.8. The summed E-state index contributed by atoms with van der Waals surface area (Å²) in [6.45, 7) is 3.73. The maximum Gasteiger partial charge on any atom is 0.266 e. The van der Waals surface area contributed by atoms with E-state index in [1.165, 1.54) is 0 Å². The molecule has 7 nitrogen and oxygen atoms in total. The number of ether oxygens (including phenoxy) is 2. The van der Waals surface area contributed by atoms with Crippen molar-refractivity contribution in [3.05, 3.63) is 65.9 Å². The summed E-state index contributed by atoms with van der Waals surface area (Å²) in [5.41, 5.74) is 0.982. The number of rotatable bonds is 4. The lowest BCUT2D eigenvalue weighted by atomic mass is 10.0. The minimum Gasteiger partial charge on any atom is -0.497 e. The molecule has 142 valence electrons. The number of fused-ring (bicyclic) bond motifs is 1. The molecule has 28 heavy (non-hydrogen) atoms. The van der Waals surface area contributed by atoms with E-state index in [1.807, 2.05) is 0 Å². The summed E-state index contributed by atoms with van der Waals surface area (Å²) in [4.78, 5) is 39.2. The highest BCUT2D eigenvalue weighted by molar-refractivity contribution is 6.24. The van der Waals surface area contributed by atoms with Gasteiger partial charge in [0.25, 0.3) is 11.8 Å². The van der Waals surface area contributed by atoms with Gasteiger partial charge in [-0.25, -0.2) is 0 Å². The second-order valence-corrected chi connectivity index (χ2v) is 6.58. The van der Waals surface area contributed by atoms with E-state index in [1.54, 1.807) is 49.6 Å². The molecule has 0 saturated carbocycles. The summed E-state index contributed by atoms with van der Waals surface area (Å²) in [7, 11) is 1.57. The standard InChI is InChI=1S/C21H18N2O5/c1-12-6-11-16(19(24)22-12)23-20(25)15-4-3-5-17(18(15)21(23)26)28-14-9-7-13(27-2)8-10-14/h3-5,7-10,16H,1,6,11H2,2H3,(H,22,24). The average Bonchev–Trinajstić information content (AvgIpc) is 2.94. The summed E-state index contributed by atoms with van der Waals surface area (Å²) in [5, 5.41) is 2.62. The highest BCUT2D eigenvalue weighted by Gasteiger charge is 2.45. The maximum atomic E-state index is 13.0. The fourth-order valence-corrected chi connectivity index (χ4v) is 3.42. The number of hydrogen-bond donors (Lipinski definition) is 1. The topological polar surface area (TPSA) is 84.9 Å². The molecule has 1 saturated heterocycles. The van der Waals surface area contributed by atoms with Gasteiger partial charge in [0, 0.05) is 5.70 Å². The van der Waals surface area contributed by atoms with Crippen molar-refractivity contribution in [3.8, 4) is 17.2 Å². The van der Waals surface area contributed by atoms with Crippen LogP contribution in [0, 0.1) is 0 Å². The number of imide groups is 1. The molecule has 0 aliphatic carbocycles. The van der Waals surface area contributed by atoms with Gasteiger partial charge in [-0.2, -0.15) is 0 Å². The van der Waals surface area contributed by atoms with Crippen LogP contribution in [-0.2, 0) is 4.79 Å². The number of nitrogens with one attached hydrogen (secondary N) is 1. The molecule has 2 aliphatic rings. The van der Waals surface area contributed by atoms with E-state index in [9.17, 15) is 14.4 Å². The monoisotopic (exact) mass is 378 g/mol. The van der Waals surface area contributed by atoms with Crippen molar-refractivity contribution in [1.82, 2.24) is 10.2 Å². The Balaban J connectivity index is 1.65. The third-order valence-electron chi connectivity index (χ3n) is 4.83. The van der Waals surface area contributed by atoms with E-state index in [0.717, 1.165) is 4.90 Å². The number of methoxy groups -OCH3 is 1. The molecule has 0 radical (unpaired) electrons. The predicted molar refractivity (Wildman–Crippen MR) is 100 cm³/mol. The lowest BCUT2D eigenvalue weighted by Crippen LogP contribution is -2.51. The van der Waals surface area contributed by atoms with E-state index in [2.05, 4.69) is 11.9 Å². The van der Waals surface area contributed by atoms with Crippen molar-refractivity contribution < 1.29 is 23.9 Å². The van der Waals surface area contributed by atoms with Crippen LogP contribution in [-0.4, -0.2) is 35.8 Å². The molecule has 2 aromatic carbocycles. The number of nitrogens with zero attached hydrogens (tertiary/aromatic N) is 1. The Morgan fingerprint density at radius 1 is 1.04 bits per heavy atom. The van der Waals surface area contributed by atoms with Crippen molar-refractivity contribution in [3.63, 3.8) is 0 Å². The number of benzene rings is 2. The first-order valence-corrected chi connectivity index (χ1v) is 8.81. The van der Waals surface area contributed by atoms with Crippen molar-refractivity contribution >= 4 is 17.7 Å². The van der Waals surface area contributed by atoms with Crippen LogP contribution < -0.4 is 14.8 Å². The molecule has 0 bridgehead atoms.